The number of hydrogen-bond acceptors (Lipinski definition) is 3. The third-order valence-corrected chi connectivity index (χ3v) is 5.26. The van der Waals surface area contributed by atoms with Crippen molar-refractivity contribution in [3.05, 3.63) is 75.2 Å². The summed E-state index contributed by atoms with van der Waals surface area (Å²) in [4.78, 5) is 16.1. The molecular weight excluding hydrogens is 330 g/mol. The fraction of sp³-hybridized carbons (Fsp3) is 0.300. The molecule has 1 amide bonds. The largest absolute Gasteiger partial charge is 0.337 e. The van der Waals surface area contributed by atoms with Crippen LogP contribution in [0.5, 0.6) is 0 Å². The van der Waals surface area contributed by atoms with Gasteiger partial charge in [0.05, 0.1) is 18.7 Å². The fourth-order valence-electron chi connectivity index (χ4n) is 2.89. The first-order valence-corrected chi connectivity index (χ1v) is 9.36. The van der Waals surface area contributed by atoms with E-state index in [1.54, 1.807) is 11.3 Å². The van der Waals surface area contributed by atoms with Crippen molar-refractivity contribution in [3.63, 3.8) is 0 Å². The molecule has 1 aromatic carbocycles. The molecule has 0 saturated heterocycles. The van der Waals surface area contributed by atoms with Crippen molar-refractivity contribution in [1.82, 2.24) is 15.1 Å². The summed E-state index contributed by atoms with van der Waals surface area (Å²) in [6.45, 7) is 5.30. The normalized spacial score (nSPS) is 10.8. The second-order valence-electron chi connectivity index (χ2n) is 6.22. The first-order valence-electron chi connectivity index (χ1n) is 8.48. The van der Waals surface area contributed by atoms with Crippen molar-refractivity contribution in [3.8, 4) is 0 Å². The molecule has 3 rings (SSSR count). The lowest BCUT2D eigenvalue weighted by Crippen LogP contribution is -2.33. The Morgan fingerprint density at radius 1 is 1.16 bits per heavy atom. The van der Waals surface area contributed by atoms with Crippen LogP contribution in [0.3, 0.4) is 0 Å². The van der Waals surface area contributed by atoms with Crippen LogP contribution in [0.1, 0.15) is 27.4 Å². The Labute approximate surface area is 152 Å². The molecule has 0 aliphatic carbocycles. The molecule has 2 heterocycles. The maximum Gasteiger partial charge on any atom is 0.227 e. The van der Waals surface area contributed by atoms with Gasteiger partial charge in [-0.25, -0.2) is 0 Å². The van der Waals surface area contributed by atoms with E-state index < -0.39 is 0 Å². The molecule has 4 nitrogen and oxygen atoms in total. The Kier molecular flexibility index (Phi) is 5.66. The molecule has 0 aliphatic rings. The summed E-state index contributed by atoms with van der Waals surface area (Å²) in [5.74, 6) is 0.150. The van der Waals surface area contributed by atoms with E-state index in [9.17, 15) is 4.79 Å². The summed E-state index contributed by atoms with van der Waals surface area (Å²) >= 11 is 1.69. The lowest BCUT2D eigenvalue weighted by molar-refractivity contribution is -0.131. The molecule has 2 aromatic heterocycles. The number of thiophene rings is 1. The van der Waals surface area contributed by atoms with E-state index in [0.29, 0.717) is 13.0 Å². The van der Waals surface area contributed by atoms with E-state index >= 15 is 0 Å². The minimum absolute atomic E-state index is 0.150. The molecule has 0 atom stereocenters. The Morgan fingerprint density at radius 3 is 2.60 bits per heavy atom. The van der Waals surface area contributed by atoms with Gasteiger partial charge in [-0.1, -0.05) is 36.4 Å². The first-order chi connectivity index (χ1) is 12.1. The van der Waals surface area contributed by atoms with Gasteiger partial charge in [0.2, 0.25) is 5.91 Å². The SMILES string of the molecule is Cc1n[nH]c(C)c1CC(=O)N(CCc1ccccc1)Cc1cccs1. The maximum absolute atomic E-state index is 13.0. The van der Waals surface area contributed by atoms with E-state index in [1.165, 1.54) is 10.4 Å². The molecule has 130 valence electrons. The molecule has 0 aliphatic heterocycles. The number of nitrogens with zero attached hydrogens (tertiary/aromatic N) is 2. The van der Waals surface area contributed by atoms with Crippen LogP contribution in [0, 0.1) is 13.8 Å². The van der Waals surface area contributed by atoms with Crippen LogP contribution < -0.4 is 0 Å². The highest BCUT2D eigenvalue weighted by Gasteiger charge is 2.18. The van der Waals surface area contributed by atoms with Crippen molar-refractivity contribution in [1.29, 1.82) is 0 Å². The molecule has 3 aromatic rings. The highest BCUT2D eigenvalue weighted by atomic mass is 32.1. The van der Waals surface area contributed by atoms with Crippen molar-refractivity contribution in [2.75, 3.05) is 6.54 Å². The van der Waals surface area contributed by atoms with E-state index in [2.05, 4.69) is 33.8 Å². The lowest BCUT2D eigenvalue weighted by Gasteiger charge is -2.22. The van der Waals surface area contributed by atoms with Crippen LogP contribution in [0.25, 0.3) is 0 Å². The number of benzene rings is 1. The highest BCUT2D eigenvalue weighted by Crippen LogP contribution is 2.16. The summed E-state index contributed by atoms with van der Waals surface area (Å²) in [7, 11) is 0. The first kappa shape index (κ1) is 17.4. The van der Waals surface area contributed by atoms with Crippen molar-refractivity contribution >= 4 is 17.2 Å². The fourth-order valence-corrected chi connectivity index (χ4v) is 3.61. The van der Waals surface area contributed by atoms with Gasteiger partial charge in [-0.15, -0.1) is 11.3 Å². The van der Waals surface area contributed by atoms with E-state index in [1.807, 2.05) is 43.0 Å². The predicted octanol–water partition coefficient (Wildman–Crippen LogP) is 3.90. The second-order valence-corrected chi connectivity index (χ2v) is 7.25. The molecule has 0 fully saturated rings. The van der Waals surface area contributed by atoms with E-state index in [4.69, 9.17) is 0 Å². The summed E-state index contributed by atoms with van der Waals surface area (Å²) in [5, 5.41) is 9.23. The zero-order valence-electron chi connectivity index (χ0n) is 14.7. The number of carbonyl (C=O) groups excluding carboxylic acids is 1. The molecule has 5 heteroatoms. The number of aryl methyl sites for hydroxylation is 2. The Bertz CT molecular complexity index is 789. The summed E-state index contributed by atoms with van der Waals surface area (Å²) in [5.41, 5.74) is 4.15. The van der Waals surface area contributed by atoms with Gasteiger partial charge >= 0.3 is 0 Å². The zero-order chi connectivity index (χ0) is 17.6. The van der Waals surface area contributed by atoms with E-state index in [0.717, 1.165) is 29.9 Å². The second kappa shape index (κ2) is 8.12. The molecule has 0 saturated carbocycles. The maximum atomic E-state index is 13.0. The molecule has 25 heavy (non-hydrogen) atoms. The number of hydrogen-bond donors (Lipinski definition) is 1. The average molecular weight is 353 g/mol. The quantitative estimate of drug-likeness (QED) is 0.700. The third kappa shape index (κ3) is 4.57. The van der Waals surface area contributed by atoms with Gasteiger partial charge in [0, 0.05) is 22.7 Å². The number of H-pyrrole nitrogens is 1. The highest BCUT2D eigenvalue weighted by molar-refractivity contribution is 7.09. The van der Waals surface area contributed by atoms with Gasteiger partial charge < -0.3 is 4.90 Å². The van der Waals surface area contributed by atoms with Gasteiger partial charge in [-0.3, -0.25) is 9.89 Å². The predicted molar refractivity (Wildman–Crippen MR) is 102 cm³/mol. The summed E-state index contributed by atoms with van der Waals surface area (Å²) in [6.07, 6.45) is 1.26. The van der Waals surface area contributed by atoms with Crippen LogP contribution in [0.2, 0.25) is 0 Å². The molecular formula is C20H23N3OS. The van der Waals surface area contributed by atoms with Crippen LogP contribution in [-0.4, -0.2) is 27.5 Å². The van der Waals surface area contributed by atoms with Crippen molar-refractivity contribution in [2.45, 2.75) is 33.2 Å². The van der Waals surface area contributed by atoms with Gasteiger partial charge in [-0.05, 0) is 37.3 Å². The smallest absolute Gasteiger partial charge is 0.227 e. The van der Waals surface area contributed by atoms with Crippen LogP contribution in [-0.2, 0) is 24.2 Å². The zero-order valence-corrected chi connectivity index (χ0v) is 15.5. The monoisotopic (exact) mass is 353 g/mol. The minimum Gasteiger partial charge on any atom is -0.337 e. The molecule has 1 N–H and O–H groups in total. The minimum atomic E-state index is 0.150. The summed E-state index contributed by atoms with van der Waals surface area (Å²) < 4.78 is 0. The standard InChI is InChI=1S/C20H23N3OS/c1-15-19(16(2)22-21-15)13-20(24)23(14-18-9-6-12-25-18)11-10-17-7-4-3-5-8-17/h3-9,12H,10-11,13-14H2,1-2H3,(H,21,22). The molecule has 0 radical (unpaired) electrons. The number of nitrogens with one attached hydrogen (secondary N) is 1. The topological polar surface area (TPSA) is 49.0 Å². The number of aromatic amines is 1. The average Bonchev–Trinajstić information content (AvgIpc) is 3.24. The Balaban J connectivity index is 1.71. The van der Waals surface area contributed by atoms with Crippen LogP contribution in [0.4, 0.5) is 0 Å². The Morgan fingerprint density at radius 2 is 1.96 bits per heavy atom. The van der Waals surface area contributed by atoms with Crippen molar-refractivity contribution < 1.29 is 4.79 Å². The van der Waals surface area contributed by atoms with Crippen molar-refractivity contribution in [2.24, 2.45) is 0 Å². The van der Waals surface area contributed by atoms with Gasteiger partial charge in [0.25, 0.3) is 0 Å². The van der Waals surface area contributed by atoms with Crippen LogP contribution >= 0.6 is 11.3 Å². The molecule has 0 bridgehead atoms. The number of amides is 1. The van der Waals surface area contributed by atoms with Gasteiger partial charge in [0.15, 0.2) is 0 Å². The van der Waals surface area contributed by atoms with Gasteiger partial charge in [0.1, 0.15) is 0 Å². The molecule has 0 unspecified atom stereocenters. The van der Waals surface area contributed by atoms with E-state index in [-0.39, 0.29) is 5.91 Å². The Hall–Kier alpha value is -2.40. The number of aromatic nitrogens is 2. The lowest BCUT2D eigenvalue weighted by atomic mass is 10.1. The summed E-state index contributed by atoms with van der Waals surface area (Å²) in [6, 6.07) is 14.4. The van der Waals surface area contributed by atoms with Gasteiger partial charge in [-0.2, -0.15) is 5.10 Å². The van der Waals surface area contributed by atoms with Crippen LogP contribution in [0.15, 0.2) is 47.8 Å². The number of carbonyl (C=O) groups is 1. The number of rotatable bonds is 7. The molecule has 0 spiro atoms. The third-order valence-electron chi connectivity index (χ3n) is 4.40.